The predicted molar refractivity (Wildman–Crippen MR) is 39.5 cm³/mol. The number of aromatic amines is 1. The minimum atomic E-state index is -0.958. The summed E-state index contributed by atoms with van der Waals surface area (Å²) in [5.41, 5.74) is 0.161. The molecule has 1 rings (SSSR count). The quantitative estimate of drug-likeness (QED) is 0.684. The number of nitrogens with one attached hydrogen (secondary N) is 1. The van der Waals surface area contributed by atoms with Crippen LogP contribution in [0.25, 0.3) is 0 Å². The second-order valence-corrected chi connectivity index (χ2v) is 2.30. The molecule has 0 atom stereocenters. The SMILES string of the molecule is CCCc1ncc(C(=O)O)[nH]1. The number of nitrogens with zero attached hydrogens (tertiary/aromatic N) is 1. The van der Waals surface area contributed by atoms with Gasteiger partial charge < -0.3 is 10.1 Å². The lowest BCUT2D eigenvalue weighted by Crippen LogP contribution is -1.96. The Labute approximate surface area is 64.3 Å². The van der Waals surface area contributed by atoms with E-state index in [9.17, 15) is 4.79 Å². The van der Waals surface area contributed by atoms with Crippen molar-refractivity contribution in [2.75, 3.05) is 0 Å². The number of carboxylic acid groups (broad SMARTS) is 1. The van der Waals surface area contributed by atoms with Gasteiger partial charge >= 0.3 is 5.97 Å². The van der Waals surface area contributed by atoms with Crippen LogP contribution in [-0.2, 0) is 6.42 Å². The highest BCUT2D eigenvalue weighted by atomic mass is 16.4. The smallest absolute Gasteiger partial charge is 0.353 e. The number of carbonyl (C=O) groups is 1. The molecule has 2 N–H and O–H groups in total. The minimum absolute atomic E-state index is 0.161. The maximum absolute atomic E-state index is 10.3. The van der Waals surface area contributed by atoms with Crippen molar-refractivity contribution >= 4 is 5.97 Å². The highest BCUT2D eigenvalue weighted by Gasteiger charge is 2.05. The summed E-state index contributed by atoms with van der Waals surface area (Å²) in [4.78, 5) is 16.9. The van der Waals surface area contributed by atoms with Crippen molar-refractivity contribution in [3.8, 4) is 0 Å². The first-order chi connectivity index (χ1) is 5.24. The number of hydrogen-bond donors (Lipinski definition) is 2. The van der Waals surface area contributed by atoms with Gasteiger partial charge in [-0.3, -0.25) is 0 Å². The molecular weight excluding hydrogens is 144 g/mol. The number of aryl methyl sites for hydroxylation is 1. The second kappa shape index (κ2) is 3.18. The van der Waals surface area contributed by atoms with Crippen LogP contribution in [0, 0.1) is 0 Å². The number of H-pyrrole nitrogens is 1. The van der Waals surface area contributed by atoms with Gasteiger partial charge in [0.25, 0.3) is 0 Å². The van der Waals surface area contributed by atoms with Crippen molar-refractivity contribution in [2.45, 2.75) is 19.8 Å². The van der Waals surface area contributed by atoms with Gasteiger partial charge in [0.15, 0.2) is 0 Å². The first-order valence-electron chi connectivity index (χ1n) is 3.51. The molecule has 0 amide bonds. The number of imidazole rings is 1. The highest BCUT2D eigenvalue weighted by Crippen LogP contribution is 1.99. The summed E-state index contributed by atoms with van der Waals surface area (Å²) in [5.74, 6) is -0.218. The number of rotatable bonds is 3. The van der Waals surface area contributed by atoms with E-state index in [1.807, 2.05) is 6.92 Å². The van der Waals surface area contributed by atoms with Gasteiger partial charge in [0.2, 0.25) is 0 Å². The zero-order chi connectivity index (χ0) is 8.27. The van der Waals surface area contributed by atoms with Crippen molar-refractivity contribution in [3.05, 3.63) is 17.7 Å². The first-order valence-corrected chi connectivity index (χ1v) is 3.51. The lowest BCUT2D eigenvalue weighted by Gasteiger charge is -1.88. The van der Waals surface area contributed by atoms with Gasteiger partial charge in [-0.1, -0.05) is 6.92 Å². The van der Waals surface area contributed by atoms with Gasteiger partial charge in [0.1, 0.15) is 11.5 Å². The largest absolute Gasteiger partial charge is 0.477 e. The van der Waals surface area contributed by atoms with E-state index in [1.165, 1.54) is 6.20 Å². The van der Waals surface area contributed by atoms with Crippen LogP contribution in [0.2, 0.25) is 0 Å². The fourth-order valence-electron chi connectivity index (χ4n) is 0.835. The number of aromatic carboxylic acids is 1. The third-order valence-corrected chi connectivity index (χ3v) is 1.35. The molecule has 1 aromatic heterocycles. The topological polar surface area (TPSA) is 66.0 Å². The molecule has 0 saturated heterocycles. The van der Waals surface area contributed by atoms with E-state index in [2.05, 4.69) is 9.97 Å². The van der Waals surface area contributed by atoms with Gasteiger partial charge in [-0.2, -0.15) is 0 Å². The van der Waals surface area contributed by atoms with Crippen LogP contribution in [0.1, 0.15) is 29.7 Å². The van der Waals surface area contributed by atoms with Gasteiger partial charge in [0.05, 0.1) is 6.20 Å². The zero-order valence-corrected chi connectivity index (χ0v) is 6.29. The molecule has 0 bridgehead atoms. The maximum Gasteiger partial charge on any atom is 0.353 e. The molecule has 11 heavy (non-hydrogen) atoms. The van der Waals surface area contributed by atoms with Gasteiger partial charge in [-0.25, -0.2) is 9.78 Å². The Balaban J connectivity index is 2.73. The van der Waals surface area contributed by atoms with Crippen LogP contribution in [0.4, 0.5) is 0 Å². The third-order valence-electron chi connectivity index (χ3n) is 1.35. The number of aromatic nitrogens is 2. The zero-order valence-electron chi connectivity index (χ0n) is 6.29. The van der Waals surface area contributed by atoms with E-state index in [1.54, 1.807) is 0 Å². The maximum atomic E-state index is 10.3. The first kappa shape index (κ1) is 7.78. The van der Waals surface area contributed by atoms with Gasteiger partial charge in [-0.15, -0.1) is 0 Å². The normalized spacial score (nSPS) is 9.91. The Hall–Kier alpha value is -1.32. The Morgan fingerprint density at radius 1 is 1.82 bits per heavy atom. The van der Waals surface area contributed by atoms with Crippen LogP contribution >= 0.6 is 0 Å². The van der Waals surface area contributed by atoms with Gasteiger partial charge in [-0.05, 0) is 6.42 Å². The van der Waals surface area contributed by atoms with Crippen molar-refractivity contribution in [1.29, 1.82) is 0 Å². The molecule has 0 fully saturated rings. The summed E-state index contributed by atoms with van der Waals surface area (Å²) in [7, 11) is 0. The summed E-state index contributed by atoms with van der Waals surface area (Å²) in [6, 6.07) is 0. The fraction of sp³-hybridized carbons (Fsp3) is 0.429. The summed E-state index contributed by atoms with van der Waals surface area (Å²) in [6.45, 7) is 2.02. The van der Waals surface area contributed by atoms with Crippen molar-refractivity contribution in [1.82, 2.24) is 9.97 Å². The van der Waals surface area contributed by atoms with Gasteiger partial charge in [0, 0.05) is 6.42 Å². The Kier molecular flexibility index (Phi) is 2.25. The molecule has 4 heteroatoms. The predicted octanol–water partition coefficient (Wildman–Crippen LogP) is 1.06. The molecule has 0 aromatic carbocycles. The van der Waals surface area contributed by atoms with Crippen molar-refractivity contribution in [3.63, 3.8) is 0 Å². The molecule has 0 aliphatic heterocycles. The van der Waals surface area contributed by atoms with Crippen molar-refractivity contribution in [2.24, 2.45) is 0 Å². The number of carboxylic acids is 1. The Bertz CT molecular complexity index is 255. The van der Waals surface area contributed by atoms with E-state index in [-0.39, 0.29) is 5.69 Å². The molecule has 60 valence electrons. The van der Waals surface area contributed by atoms with E-state index in [4.69, 9.17) is 5.11 Å². The minimum Gasteiger partial charge on any atom is -0.477 e. The molecular formula is C7H10N2O2. The summed E-state index contributed by atoms with van der Waals surface area (Å²) >= 11 is 0. The van der Waals surface area contributed by atoms with Crippen LogP contribution < -0.4 is 0 Å². The lowest BCUT2D eigenvalue weighted by atomic mass is 10.3. The highest BCUT2D eigenvalue weighted by molar-refractivity contribution is 5.84. The average Bonchev–Trinajstić information content (AvgIpc) is 2.37. The lowest BCUT2D eigenvalue weighted by molar-refractivity contribution is 0.0691. The van der Waals surface area contributed by atoms with E-state index in [0.717, 1.165) is 18.7 Å². The summed E-state index contributed by atoms with van der Waals surface area (Å²) in [6.07, 6.45) is 3.10. The standard InChI is InChI=1S/C7H10N2O2/c1-2-3-6-8-4-5(9-6)7(10)11/h4H,2-3H2,1H3,(H,8,9)(H,10,11). The second-order valence-electron chi connectivity index (χ2n) is 2.30. The number of hydrogen-bond acceptors (Lipinski definition) is 2. The summed E-state index contributed by atoms with van der Waals surface area (Å²) < 4.78 is 0. The van der Waals surface area contributed by atoms with Crippen LogP contribution in [-0.4, -0.2) is 21.0 Å². The average molecular weight is 154 g/mol. The fourth-order valence-corrected chi connectivity index (χ4v) is 0.835. The molecule has 1 heterocycles. The molecule has 0 unspecified atom stereocenters. The van der Waals surface area contributed by atoms with Crippen LogP contribution in [0.3, 0.4) is 0 Å². The van der Waals surface area contributed by atoms with E-state index >= 15 is 0 Å². The Morgan fingerprint density at radius 2 is 2.55 bits per heavy atom. The van der Waals surface area contributed by atoms with E-state index < -0.39 is 5.97 Å². The monoisotopic (exact) mass is 154 g/mol. The van der Waals surface area contributed by atoms with Crippen LogP contribution in [0.15, 0.2) is 6.20 Å². The molecule has 0 aliphatic carbocycles. The third kappa shape index (κ3) is 1.80. The molecule has 0 saturated carbocycles. The van der Waals surface area contributed by atoms with Crippen LogP contribution in [0.5, 0.6) is 0 Å². The molecule has 0 radical (unpaired) electrons. The summed E-state index contributed by atoms with van der Waals surface area (Å²) in [5, 5.41) is 8.50. The Morgan fingerprint density at radius 3 is 3.00 bits per heavy atom. The molecule has 1 aromatic rings. The van der Waals surface area contributed by atoms with Crippen molar-refractivity contribution < 1.29 is 9.90 Å². The molecule has 0 spiro atoms. The van der Waals surface area contributed by atoms with E-state index in [0.29, 0.717) is 0 Å². The molecule has 4 nitrogen and oxygen atoms in total. The molecule has 0 aliphatic rings.